The summed E-state index contributed by atoms with van der Waals surface area (Å²) < 4.78 is 30.9. The monoisotopic (exact) mass is 390 g/mol. The number of para-hydroxylation sites is 1. The molecule has 0 saturated heterocycles. The number of rotatable bonds is 10. The molecule has 0 bridgehead atoms. The number of aryl methyl sites for hydroxylation is 1. The van der Waals surface area contributed by atoms with Crippen LogP contribution in [0, 0.1) is 0 Å². The molecule has 2 aromatic rings. The Morgan fingerprint density at radius 2 is 1.74 bits per heavy atom. The molecule has 2 rings (SSSR count). The number of hydrogen-bond donors (Lipinski definition) is 1. The van der Waals surface area contributed by atoms with Gasteiger partial charge in [0, 0.05) is 6.54 Å². The van der Waals surface area contributed by atoms with E-state index in [0.717, 1.165) is 18.2 Å². The molecule has 2 aromatic carbocycles. The van der Waals surface area contributed by atoms with E-state index in [9.17, 15) is 13.2 Å². The van der Waals surface area contributed by atoms with E-state index in [1.807, 2.05) is 49.4 Å². The molecule has 1 amide bonds. The topological polar surface area (TPSA) is 75.7 Å². The van der Waals surface area contributed by atoms with Gasteiger partial charge in [0.05, 0.1) is 31.5 Å². The van der Waals surface area contributed by atoms with Crippen LogP contribution in [0.3, 0.4) is 0 Å². The number of benzene rings is 2. The summed E-state index contributed by atoms with van der Waals surface area (Å²) in [6.45, 7) is 2.72. The van der Waals surface area contributed by atoms with Crippen LogP contribution >= 0.6 is 0 Å². The second kappa shape index (κ2) is 9.97. The standard InChI is InChI=1S/C20H26N2O4S/c1-3-17-9-11-18(12-10-17)22(27(2,24)25)15-14-21-20(23)13-16-26-19-7-5-4-6-8-19/h4-12H,3,13-16H2,1-2H3,(H,21,23). The van der Waals surface area contributed by atoms with Crippen molar-refractivity contribution in [1.29, 1.82) is 0 Å². The van der Waals surface area contributed by atoms with E-state index in [4.69, 9.17) is 4.74 Å². The van der Waals surface area contributed by atoms with Crippen molar-refractivity contribution in [2.24, 2.45) is 0 Å². The molecule has 0 atom stereocenters. The van der Waals surface area contributed by atoms with Gasteiger partial charge in [-0.2, -0.15) is 0 Å². The Morgan fingerprint density at radius 3 is 2.33 bits per heavy atom. The predicted octanol–water partition coefficient (Wildman–Crippen LogP) is 2.60. The fourth-order valence-corrected chi connectivity index (χ4v) is 3.48. The first kappa shape index (κ1) is 20.8. The lowest BCUT2D eigenvalue weighted by molar-refractivity contribution is -0.121. The molecular formula is C20H26N2O4S. The summed E-state index contributed by atoms with van der Waals surface area (Å²) in [5.74, 6) is 0.532. The third-order valence-corrected chi connectivity index (χ3v) is 5.21. The predicted molar refractivity (Wildman–Crippen MR) is 108 cm³/mol. The zero-order chi connectivity index (χ0) is 19.7. The third kappa shape index (κ3) is 6.94. The number of carbonyl (C=O) groups excluding carboxylic acids is 1. The molecule has 0 aliphatic heterocycles. The van der Waals surface area contributed by atoms with Crippen molar-refractivity contribution in [1.82, 2.24) is 5.32 Å². The molecule has 1 N–H and O–H groups in total. The van der Waals surface area contributed by atoms with Crippen molar-refractivity contribution in [3.05, 3.63) is 60.2 Å². The Balaban J connectivity index is 1.81. The van der Waals surface area contributed by atoms with Crippen LogP contribution in [0.15, 0.2) is 54.6 Å². The van der Waals surface area contributed by atoms with Crippen molar-refractivity contribution in [2.75, 3.05) is 30.3 Å². The number of nitrogens with zero attached hydrogens (tertiary/aromatic N) is 1. The van der Waals surface area contributed by atoms with E-state index in [1.165, 1.54) is 4.31 Å². The summed E-state index contributed by atoms with van der Waals surface area (Å²) in [7, 11) is -3.43. The third-order valence-electron chi connectivity index (χ3n) is 4.01. The lowest BCUT2D eigenvalue weighted by atomic mass is 10.1. The van der Waals surface area contributed by atoms with Crippen LogP contribution in [0.2, 0.25) is 0 Å². The Hall–Kier alpha value is -2.54. The summed E-state index contributed by atoms with van der Waals surface area (Å²) in [5.41, 5.74) is 1.73. The normalized spacial score (nSPS) is 11.0. The van der Waals surface area contributed by atoms with Crippen molar-refractivity contribution in [3.63, 3.8) is 0 Å². The fourth-order valence-electron chi connectivity index (χ4n) is 2.55. The first-order valence-electron chi connectivity index (χ1n) is 8.91. The smallest absolute Gasteiger partial charge is 0.232 e. The van der Waals surface area contributed by atoms with Crippen molar-refractivity contribution < 1.29 is 17.9 Å². The molecule has 7 heteroatoms. The maximum atomic E-state index is 12.1. The van der Waals surface area contributed by atoms with Gasteiger partial charge in [-0.15, -0.1) is 0 Å². The van der Waals surface area contributed by atoms with E-state index in [1.54, 1.807) is 12.1 Å². The Kier molecular flexibility index (Phi) is 7.67. The van der Waals surface area contributed by atoms with Gasteiger partial charge in [0.25, 0.3) is 0 Å². The van der Waals surface area contributed by atoms with Gasteiger partial charge in [0.2, 0.25) is 15.9 Å². The van der Waals surface area contributed by atoms with Crippen molar-refractivity contribution in [3.8, 4) is 5.75 Å². The van der Waals surface area contributed by atoms with Crippen LogP contribution in [-0.2, 0) is 21.2 Å². The van der Waals surface area contributed by atoms with Gasteiger partial charge in [-0.3, -0.25) is 9.10 Å². The molecule has 0 spiro atoms. The molecule has 0 radical (unpaired) electrons. The second-order valence-electron chi connectivity index (χ2n) is 6.12. The highest BCUT2D eigenvalue weighted by molar-refractivity contribution is 7.92. The van der Waals surface area contributed by atoms with Crippen LogP contribution in [0.5, 0.6) is 5.75 Å². The zero-order valence-corrected chi connectivity index (χ0v) is 16.5. The molecule has 0 unspecified atom stereocenters. The van der Waals surface area contributed by atoms with E-state index in [-0.39, 0.29) is 32.0 Å². The summed E-state index contributed by atoms with van der Waals surface area (Å²) in [5, 5.41) is 2.74. The first-order chi connectivity index (χ1) is 12.9. The van der Waals surface area contributed by atoms with Crippen LogP contribution in [0.1, 0.15) is 18.9 Å². The quantitative estimate of drug-likeness (QED) is 0.677. The molecule has 0 aromatic heterocycles. The van der Waals surface area contributed by atoms with Gasteiger partial charge in [-0.05, 0) is 36.2 Å². The van der Waals surface area contributed by atoms with E-state index < -0.39 is 10.0 Å². The number of ether oxygens (including phenoxy) is 1. The van der Waals surface area contributed by atoms with E-state index >= 15 is 0 Å². The number of amides is 1. The number of anilines is 1. The summed E-state index contributed by atoms with van der Waals surface area (Å²) >= 11 is 0. The molecule has 0 saturated carbocycles. The molecule has 0 heterocycles. The maximum Gasteiger partial charge on any atom is 0.232 e. The van der Waals surface area contributed by atoms with Gasteiger partial charge in [-0.25, -0.2) is 8.42 Å². The fraction of sp³-hybridized carbons (Fsp3) is 0.350. The average molecular weight is 391 g/mol. The lowest BCUT2D eigenvalue weighted by Gasteiger charge is -2.22. The van der Waals surface area contributed by atoms with Crippen LogP contribution in [-0.4, -0.2) is 40.3 Å². The number of hydrogen-bond acceptors (Lipinski definition) is 4. The molecular weight excluding hydrogens is 364 g/mol. The van der Waals surface area contributed by atoms with Crippen LogP contribution in [0.4, 0.5) is 5.69 Å². The minimum Gasteiger partial charge on any atom is -0.493 e. The van der Waals surface area contributed by atoms with E-state index in [2.05, 4.69) is 5.32 Å². The highest BCUT2D eigenvalue weighted by Gasteiger charge is 2.17. The second-order valence-corrected chi connectivity index (χ2v) is 8.02. The van der Waals surface area contributed by atoms with Crippen molar-refractivity contribution >= 4 is 21.6 Å². The van der Waals surface area contributed by atoms with Crippen LogP contribution in [0.25, 0.3) is 0 Å². The number of nitrogens with one attached hydrogen (secondary N) is 1. The first-order valence-corrected chi connectivity index (χ1v) is 10.8. The minimum atomic E-state index is -3.43. The van der Waals surface area contributed by atoms with Gasteiger partial charge < -0.3 is 10.1 Å². The molecule has 0 fully saturated rings. The molecule has 146 valence electrons. The summed E-state index contributed by atoms with van der Waals surface area (Å²) in [6, 6.07) is 16.7. The van der Waals surface area contributed by atoms with Gasteiger partial charge in [0.15, 0.2) is 0 Å². The van der Waals surface area contributed by atoms with Crippen molar-refractivity contribution in [2.45, 2.75) is 19.8 Å². The Bertz CT molecular complexity index is 821. The molecule has 27 heavy (non-hydrogen) atoms. The van der Waals surface area contributed by atoms with Gasteiger partial charge in [-0.1, -0.05) is 37.3 Å². The van der Waals surface area contributed by atoms with E-state index in [0.29, 0.717) is 11.4 Å². The molecule has 0 aliphatic carbocycles. The van der Waals surface area contributed by atoms with Crippen LogP contribution < -0.4 is 14.4 Å². The molecule has 0 aliphatic rings. The summed E-state index contributed by atoms with van der Waals surface area (Å²) in [4.78, 5) is 11.9. The zero-order valence-electron chi connectivity index (χ0n) is 15.7. The highest BCUT2D eigenvalue weighted by Crippen LogP contribution is 2.18. The number of carbonyl (C=O) groups is 1. The molecule has 6 nitrogen and oxygen atoms in total. The Labute approximate surface area is 161 Å². The lowest BCUT2D eigenvalue weighted by Crippen LogP contribution is -2.38. The van der Waals surface area contributed by atoms with Gasteiger partial charge >= 0.3 is 0 Å². The Morgan fingerprint density at radius 1 is 1.07 bits per heavy atom. The highest BCUT2D eigenvalue weighted by atomic mass is 32.2. The summed E-state index contributed by atoms with van der Waals surface area (Å²) in [6.07, 6.45) is 2.26. The SMILES string of the molecule is CCc1ccc(N(CCNC(=O)CCOc2ccccc2)S(C)(=O)=O)cc1. The maximum absolute atomic E-state index is 12.1. The number of sulfonamides is 1. The van der Waals surface area contributed by atoms with Gasteiger partial charge in [0.1, 0.15) is 5.75 Å². The largest absolute Gasteiger partial charge is 0.493 e. The minimum absolute atomic E-state index is 0.176. The average Bonchev–Trinajstić information content (AvgIpc) is 2.65.